The van der Waals surface area contributed by atoms with E-state index in [2.05, 4.69) is 15.3 Å². The fourth-order valence-corrected chi connectivity index (χ4v) is 3.54. The van der Waals surface area contributed by atoms with Crippen LogP contribution in [0.1, 0.15) is 23.3 Å². The zero-order valence-corrected chi connectivity index (χ0v) is 14.3. The van der Waals surface area contributed by atoms with Gasteiger partial charge in [-0.1, -0.05) is 6.07 Å². The van der Waals surface area contributed by atoms with Crippen LogP contribution in [-0.4, -0.2) is 42.3 Å². The molecular weight excluding hydrogens is 330 g/mol. The Kier molecular flexibility index (Phi) is 4.53. The van der Waals surface area contributed by atoms with Gasteiger partial charge in [0.2, 0.25) is 0 Å². The number of pyridine rings is 1. The van der Waals surface area contributed by atoms with Crippen molar-refractivity contribution in [1.29, 1.82) is 0 Å². The van der Waals surface area contributed by atoms with E-state index in [1.54, 1.807) is 18.6 Å². The number of amides is 1. The van der Waals surface area contributed by atoms with Crippen molar-refractivity contribution in [3.63, 3.8) is 0 Å². The minimum absolute atomic E-state index is 0.256. The molecule has 1 aliphatic rings. The summed E-state index contributed by atoms with van der Waals surface area (Å²) in [7, 11) is 0. The third-order valence-electron chi connectivity index (χ3n) is 4.81. The van der Waals surface area contributed by atoms with Crippen LogP contribution in [0, 0.1) is 5.92 Å². The Labute approximate surface area is 151 Å². The van der Waals surface area contributed by atoms with Crippen molar-refractivity contribution in [3.8, 4) is 5.82 Å². The predicted molar refractivity (Wildman–Crippen MR) is 95.8 cm³/mol. The standard InChI is InChI=1S/C19H21N5O2/c25-17-11-14(12-23-9-6-20-13-23)10-16(17)22-19(26)15-4-3-5-18(21-15)24-7-1-2-8-24/h1-9,13-14,16-17,25H,10-12H2,(H,22,26)/t14?,16-,17-/m1/s1. The molecule has 4 rings (SSSR count). The molecule has 1 unspecified atom stereocenters. The number of nitrogens with zero attached hydrogens (tertiary/aromatic N) is 4. The summed E-state index contributed by atoms with van der Waals surface area (Å²) in [5.74, 6) is 0.739. The summed E-state index contributed by atoms with van der Waals surface area (Å²) in [6, 6.07) is 8.90. The molecule has 3 atom stereocenters. The van der Waals surface area contributed by atoms with Crippen molar-refractivity contribution in [2.24, 2.45) is 5.92 Å². The molecule has 7 heteroatoms. The van der Waals surface area contributed by atoms with Gasteiger partial charge in [-0.2, -0.15) is 0 Å². The van der Waals surface area contributed by atoms with Crippen LogP contribution >= 0.6 is 0 Å². The summed E-state index contributed by atoms with van der Waals surface area (Å²) in [5.41, 5.74) is 0.349. The highest BCUT2D eigenvalue weighted by atomic mass is 16.3. The molecule has 1 fully saturated rings. The number of aliphatic hydroxyl groups excluding tert-OH is 1. The van der Waals surface area contributed by atoms with E-state index in [0.717, 1.165) is 13.0 Å². The minimum Gasteiger partial charge on any atom is -0.391 e. The van der Waals surface area contributed by atoms with Gasteiger partial charge >= 0.3 is 0 Å². The van der Waals surface area contributed by atoms with Crippen molar-refractivity contribution in [1.82, 2.24) is 24.4 Å². The first-order valence-corrected chi connectivity index (χ1v) is 8.74. The maximum atomic E-state index is 12.6. The quantitative estimate of drug-likeness (QED) is 0.732. The van der Waals surface area contributed by atoms with E-state index in [0.29, 0.717) is 23.9 Å². The van der Waals surface area contributed by atoms with Gasteiger partial charge < -0.3 is 19.6 Å². The van der Waals surface area contributed by atoms with E-state index in [-0.39, 0.29) is 11.9 Å². The van der Waals surface area contributed by atoms with Gasteiger partial charge in [0.25, 0.3) is 5.91 Å². The van der Waals surface area contributed by atoms with Gasteiger partial charge in [0, 0.05) is 31.3 Å². The number of rotatable bonds is 5. The highest BCUT2D eigenvalue weighted by molar-refractivity contribution is 5.92. The third kappa shape index (κ3) is 3.52. The summed E-state index contributed by atoms with van der Waals surface area (Å²) in [4.78, 5) is 21.0. The number of nitrogens with one attached hydrogen (secondary N) is 1. The highest BCUT2D eigenvalue weighted by Crippen LogP contribution is 2.27. The zero-order chi connectivity index (χ0) is 17.9. The van der Waals surface area contributed by atoms with Gasteiger partial charge in [-0.15, -0.1) is 0 Å². The molecule has 134 valence electrons. The molecule has 0 radical (unpaired) electrons. The number of hydrogen-bond donors (Lipinski definition) is 2. The van der Waals surface area contributed by atoms with Crippen molar-refractivity contribution >= 4 is 5.91 Å². The van der Waals surface area contributed by atoms with Gasteiger partial charge in [0.1, 0.15) is 11.5 Å². The van der Waals surface area contributed by atoms with E-state index >= 15 is 0 Å². The normalized spacial score (nSPS) is 22.4. The first-order chi connectivity index (χ1) is 12.7. The van der Waals surface area contributed by atoms with Crippen molar-refractivity contribution in [2.45, 2.75) is 31.5 Å². The molecule has 3 heterocycles. The molecule has 26 heavy (non-hydrogen) atoms. The molecule has 7 nitrogen and oxygen atoms in total. The van der Waals surface area contributed by atoms with Crippen LogP contribution in [0.15, 0.2) is 61.4 Å². The maximum absolute atomic E-state index is 12.6. The Morgan fingerprint density at radius 2 is 2.04 bits per heavy atom. The third-order valence-corrected chi connectivity index (χ3v) is 4.81. The van der Waals surface area contributed by atoms with Crippen molar-refractivity contribution in [2.75, 3.05) is 0 Å². The van der Waals surface area contributed by atoms with E-state index in [1.807, 2.05) is 52.0 Å². The molecule has 1 saturated carbocycles. The van der Waals surface area contributed by atoms with Gasteiger partial charge in [-0.25, -0.2) is 9.97 Å². The number of carbonyl (C=O) groups excluding carboxylic acids is 1. The lowest BCUT2D eigenvalue weighted by atomic mass is 10.1. The van der Waals surface area contributed by atoms with E-state index in [4.69, 9.17) is 0 Å². The molecule has 3 aromatic heterocycles. The first kappa shape index (κ1) is 16.5. The molecule has 0 aromatic carbocycles. The number of carbonyl (C=O) groups is 1. The predicted octanol–water partition coefficient (Wildman–Crippen LogP) is 1.64. The monoisotopic (exact) mass is 351 g/mol. The van der Waals surface area contributed by atoms with Crippen LogP contribution in [0.5, 0.6) is 0 Å². The fraction of sp³-hybridized carbons (Fsp3) is 0.316. The number of aliphatic hydroxyl groups is 1. The summed E-state index contributed by atoms with van der Waals surface area (Å²) < 4.78 is 3.85. The Morgan fingerprint density at radius 1 is 1.19 bits per heavy atom. The van der Waals surface area contributed by atoms with Crippen LogP contribution in [0.25, 0.3) is 5.82 Å². The molecule has 0 aliphatic heterocycles. The molecule has 2 N–H and O–H groups in total. The Morgan fingerprint density at radius 3 is 2.81 bits per heavy atom. The largest absolute Gasteiger partial charge is 0.391 e. The first-order valence-electron chi connectivity index (χ1n) is 8.74. The van der Waals surface area contributed by atoms with Gasteiger partial charge in [0.15, 0.2) is 0 Å². The second kappa shape index (κ2) is 7.13. The van der Waals surface area contributed by atoms with Crippen LogP contribution < -0.4 is 5.32 Å². The lowest BCUT2D eigenvalue weighted by molar-refractivity contribution is 0.0868. The summed E-state index contributed by atoms with van der Waals surface area (Å²) in [5, 5.41) is 13.3. The van der Waals surface area contributed by atoms with Crippen molar-refractivity contribution < 1.29 is 9.90 Å². The van der Waals surface area contributed by atoms with Crippen LogP contribution in [-0.2, 0) is 6.54 Å². The number of hydrogen-bond acceptors (Lipinski definition) is 4. The molecule has 0 saturated heterocycles. The average Bonchev–Trinajstić information content (AvgIpc) is 3.39. The minimum atomic E-state index is -0.542. The Hall–Kier alpha value is -2.93. The van der Waals surface area contributed by atoms with Gasteiger partial charge in [-0.3, -0.25) is 4.79 Å². The van der Waals surface area contributed by atoms with Crippen LogP contribution in [0.4, 0.5) is 0 Å². The summed E-state index contributed by atoms with van der Waals surface area (Å²) >= 11 is 0. The number of aromatic nitrogens is 4. The number of imidazole rings is 1. The van der Waals surface area contributed by atoms with E-state index in [1.165, 1.54) is 0 Å². The Balaban J connectivity index is 1.41. The molecule has 3 aromatic rings. The zero-order valence-electron chi connectivity index (χ0n) is 14.3. The Bertz CT molecular complexity index is 860. The highest BCUT2D eigenvalue weighted by Gasteiger charge is 2.34. The molecule has 1 amide bonds. The lowest BCUT2D eigenvalue weighted by Gasteiger charge is -2.16. The lowest BCUT2D eigenvalue weighted by Crippen LogP contribution is -2.40. The SMILES string of the molecule is O=C(N[C@@H]1CC(Cn2ccnc2)C[C@H]1O)c1cccc(-n2cccc2)n1. The second-order valence-electron chi connectivity index (χ2n) is 6.72. The second-order valence-corrected chi connectivity index (χ2v) is 6.72. The van der Waals surface area contributed by atoms with Gasteiger partial charge in [0.05, 0.1) is 18.5 Å². The average molecular weight is 351 g/mol. The van der Waals surface area contributed by atoms with Crippen LogP contribution in [0.2, 0.25) is 0 Å². The molecule has 1 aliphatic carbocycles. The van der Waals surface area contributed by atoms with Gasteiger partial charge in [-0.05, 0) is 43.0 Å². The van der Waals surface area contributed by atoms with E-state index < -0.39 is 6.10 Å². The smallest absolute Gasteiger partial charge is 0.270 e. The topological polar surface area (TPSA) is 85.0 Å². The molecule has 0 spiro atoms. The van der Waals surface area contributed by atoms with Crippen molar-refractivity contribution in [3.05, 3.63) is 67.1 Å². The maximum Gasteiger partial charge on any atom is 0.270 e. The molecular formula is C19H21N5O2. The van der Waals surface area contributed by atoms with E-state index in [9.17, 15) is 9.90 Å². The summed E-state index contributed by atoms with van der Waals surface area (Å²) in [6.07, 6.45) is 10.1. The summed E-state index contributed by atoms with van der Waals surface area (Å²) in [6.45, 7) is 0.796. The molecule has 0 bridgehead atoms. The fourth-order valence-electron chi connectivity index (χ4n) is 3.54. The van der Waals surface area contributed by atoms with Crippen LogP contribution in [0.3, 0.4) is 0 Å².